The third-order valence-electron chi connectivity index (χ3n) is 1.27. The summed E-state index contributed by atoms with van der Waals surface area (Å²) in [5.74, 6) is 0. The van der Waals surface area contributed by atoms with Crippen LogP contribution in [-0.2, 0) is 0 Å². The van der Waals surface area contributed by atoms with E-state index in [0.717, 1.165) is 17.7 Å². The van der Waals surface area contributed by atoms with E-state index in [9.17, 15) is 0 Å². The van der Waals surface area contributed by atoms with Gasteiger partial charge in [-0.1, -0.05) is 12.2 Å². The fourth-order valence-electron chi connectivity index (χ4n) is 0.738. The molecule has 0 atom stereocenters. The molecule has 0 aromatic heterocycles. The van der Waals surface area contributed by atoms with E-state index in [1.165, 1.54) is 0 Å². The molecule has 0 N–H and O–H groups in total. The highest BCUT2D eigenvalue weighted by Crippen LogP contribution is 2.18. The van der Waals surface area contributed by atoms with Crippen LogP contribution in [0.1, 0.15) is 13.3 Å². The third kappa shape index (κ3) is 0.651. The van der Waals surface area contributed by atoms with Crippen LogP contribution in [0.5, 0.6) is 0 Å². The summed E-state index contributed by atoms with van der Waals surface area (Å²) in [4.78, 5) is 3.34. The third-order valence-corrected chi connectivity index (χ3v) is 1.27. The van der Waals surface area contributed by atoms with E-state index in [1.807, 2.05) is 19.1 Å². The molecule has 0 amide bonds. The van der Waals surface area contributed by atoms with Crippen molar-refractivity contribution in [3.05, 3.63) is 34.8 Å². The molecule has 0 bridgehead atoms. The summed E-state index contributed by atoms with van der Waals surface area (Å²) in [5.41, 5.74) is 2.02. The van der Waals surface area contributed by atoms with Crippen LogP contribution in [0.25, 0.3) is 4.85 Å². The van der Waals surface area contributed by atoms with Crippen LogP contribution in [0.3, 0.4) is 0 Å². The van der Waals surface area contributed by atoms with Gasteiger partial charge in [0.2, 0.25) is 0 Å². The lowest BCUT2D eigenvalue weighted by molar-refractivity contribution is 1.30. The summed E-state index contributed by atoms with van der Waals surface area (Å²) in [7, 11) is 0. The van der Waals surface area contributed by atoms with Crippen molar-refractivity contribution in [3.8, 4) is 0 Å². The maximum Gasteiger partial charge on any atom is 0.172 e. The summed E-state index contributed by atoms with van der Waals surface area (Å²) in [6.45, 7) is 8.63. The van der Waals surface area contributed by atoms with Crippen molar-refractivity contribution < 1.29 is 0 Å². The molecular weight excluding hydrogens is 98.1 g/mol. The molecule has 0 unspecified atom stereocenters. The van der Waals surface area contributed by atoms with E-state index in [2.05, 4.69) is 4.85 Å². The number of hydrogen-bond acceptors (Lipinski definition) is 0. The Hall–Kier alpha value is -1.03. The van der Waals surface area contributed by atoms with Gasteiger partial charge in [0.1, 0.15) is 0 Å². The van der Waals surface area contributed by atoms with Gasteiger partial charge in [-0.15, -0.1) is 0 Å². The Bertz CT molecular complexity index is 191. The molecular formula is C7H7N. The Kier molecular flexibility index (Phi) is 1.17. The predicted molar refractivity (Wildman–Crippen MR) is 33.1 cm³/mol. The van der Waals surface area contributed by atoms with Crippen LogP contribution in [0.2, 0.25) is 0 Å². The van der Waals surface area contributed by atoms with Crippen molar-refractivity contribution >= 4 is 0 Å². The Morgan fingerprint density at radius 3 is 2.75 bits per heavy atom. The SMILES string of the molecule is [C-]#[N+]C1=C(C)C=CC1. The molecule has 0 fully saturated rings. The first-order chi connectivity index (χ1) is 3.84. The number of nitrogens with zero attached hydrogens (tertiary/aromatic N) is 1. The minimum absolute atomic E-state index is 0.843. The highest BCUT2D eigenvalue weighted by molar-refractivity contribution is 5.35. The van der Waals surface area contributed by atoms with Gasteiger partial charge < -0.3 is 0 Å². The lowest BCUT2D eigenvalue weighted by Gasteiger charge is -1.84. The fraction of sp³-hybridized carbons (Fsp3) is 0.286. The summed E-state index contributed by atoms with van der Waals surface area (Å²) < 4.78 is 0. The second-order valence-electron chi connectivity index (χ2n) is 1.85. The van der Waals surface area contributed by atoms with Gasteiger partial charge in [-0.05, 0) is 18.9 Å². The maximum atomic E-state index is 6.66. The van der Waals surface area contributed by atoms with E-state index in [1.54, 1.807) is 0 Å². The van der Waals surface area contributed by atoms with Crippen molar-refractivity contribution in [1.82, 2.24) is 0 Å². The van der Waals surface area contributed by atoms with E-state index in [0.29, 0.717) is 0 Å². The van der Waals surface area contributed by atoms with E-state index >= 15 is 0 Å². The highest BCUT2D eigenvalue weighted by atomic mass is 14.7. The molecule has 1 aliphatic rings. The molecule has 0 saturated carbocycles. The van der Waals surface area contributed by atoms with Crippen molar-refractivity contribution in [1.29, 1.82) is 0 Å². The van der Waals surface area contributed by atoms with Gasteiger partial charge >= 0.3 is 0 Å². The first-order valence-electron chi connectivity index (χ1n) is 2.58. The monoisotopic (exact) mass is 105 g/mol. The molecule has 0 heterocycles. The molecule has 8 heavy (non-hydrogen) atoms. The normalized spacial score (nSPS) is 17.0. The molecule has 0 radical (unpaired) electrons. The zero-order valence-corrected chi connectivity index (χ0v) is 4.81. The Morgan fingerprint density at radius 1 is 1.75 bits per heavy atom. The second kappa shape index (κ2) is 1.83. The van der Waals surface area contributed by atoms with E-state index < -0.39 is 0 Å². The molecule has 0 spiro atoms. The number of allylic oxidation sites excluding steroid dienone is 3. The average Bonchev–Trinajstić information content (AvgIpc) is 2.14. The Balaban J connectivity index is 2.88. The topological polar surface area (TPSA) is 4.36 Å². The molecule has 0 aliphatic heterocycles. The van der Waals surface area contributed by atoms with E-state index in [-0.39, 0.29) is 0 Å². The maximum absolute atomic E-state index is 6.66. The second-order valence-corrected chi connectivity index (χ2v) is 1.85. The largest absolute Gasteiger partial charge is 0.242 e. The summed E-state index contributed by atoms with van der Waals surface area (Å²) in [6, 6.07) is 0. The first kappa shape index (κ1) is 5.11. The smallest absolute Gasteiger partial charge is 0.172 e. The minimum atomic E-state index is 0.843. The van der Waals surface area contributed by atoms with Crippen molar-refractivity contribution in [3.63, 3.8) is 0 Å². The van der Waals surface area contributed by atoms with Crippen molar-refractivity contribution in [2.45, 2.75) is 13.3 Å². The summed E-state index contributed by atoms with van der Waals surface area (Å²) in [5, 5.41) is 0. The lowest BCUT2D eigenvalue weighted by Crippen LogP contribution is -1.68. The number of rotatable bonds is 0. The molecule has 1 rings (SSSR count). The van der Waals surface area contributed by atoms with Gasteiger partial charge in [0, 0.05) is 0 Å². The van der Waals surface area contributed by atoms with Crippen LogP contribution in [0, 0.1) is 6.57 Å². The standard InChI is InChI=1S/C7H7N/c1-6-4-3-5-7(6)8-2/h3-4H,5H2,1H3. The van der Waals surface area contributed by atoms with Gasteiger partial charge in [0.25, 0.3) is 0 Å². The van der Waals surface area contributed by atoms with Crippen LogP contribution in [-0.4, -0.2) is 0 Å². The Morgan fingerprint density at radius 2 is 2.50 bits per heavy atom. The highest BCUT2D eigenvalue weighted by Gasteiger charge is 2.02. The predicted octanol–water partition coefficient (Wildman–Crippen LogP) is 2.14. The Labute approximate surface area is 49.1 Å². The summed E-state index contributed by atoms with van der Waals surface area (Å²) >= 11 is 0. The van der Waals surface area contributed by atoms with Gasteiger partial charge in [-0.25, -0.2) is 4.85 Å². The van der Waals surface area contributed by atoms with Crippen LogP contribution < -0.4 is 0 Å². The van der Waals surface area contributed by atoms with E-state index in [4.69, 9.17) is 6.57 Å². The van der Waals surface area contributed by atoms with Crippen LogP contribution >= 0.6 is 0 Å². The number of hydrogen-bond donors (Lipinski definition) is 0. The zero-order chi connectivity index (χ0) is 5.98. The quantitative estimate of drug-likeness (QED) is 0.416. The van der Waals surface area contributed by atoms with Crippen molar-refractivity contribution in [2.75, 3.05) is 0 Å². The van der Waals surface area contributed by atoms with Gasteiger partial charge in [0.15, 0.2) is 5.70 Å². The average molecular weight is 105 g/mol. The first-order valence-corrected chi connectivity index (χ1v) is 2.58. The molecule has 40 valence electrons. The molecule has 1 nitrogen and oxygen atoms in total. The van der Waals surface area contributed by atoms with Gasteiger partial charge in [0.05, 0.1) is 6.57 Å². The molecule has 0 aromatic rings. The fourth-order valence-corrected chi connectivity index (χ4v) is 0.738. The minimum Gasteiger partial charge on any atom is -0.242 e. The zero-order valence-electron chi connectivity index (χ0n) is 4.81. The lowest BCUT2D eigenvalue weighted by atomic mass is 10.3. The van der Waals surface area contributed by atoms with Crippen LogP contribution in [0.15, 0.2) is 23.4 Å². The van der Waals surface area contributed by atoms with Gasteiger partial charge in [-0.3, -0.25) is 0 Å². The molecule has 0 aromatic carbocycles. The molecule has 1 heteroatoms. The van der Waals surface area contributed by atoms with Crippen LogP contribution in [0.4, 0.5) is 0 Å². The summed E-state index contributed by atoms with van der Waals surface area (Å²) in [6.07, 6.45) is 4.85. The van der Waals surface area contributed by atoms with Gasteiger partial charge in [-0.2, -0.15) is 0 Å². The molecule has 0 saturated heterocycles. The molecule has 1 aliphatic carbocycles. The van der Waals surface area contributed by atoms with Crippen molar-refractivity contribution in [2.24, 2.45) is 0 Å².